The van der Waals surface area contributed by atoms with Crippen LogP contribution in [-0.4, -0.2) is 33.8 Å². The second-order valence-corrected chi connectivity index (χ2v) is 9.23. The summed E-state index contributed by atoms with van der Waals surface area (Å²) in [5.74, 6) is 2.50. The highest BCUT2D eigenvalue weighted by atomic mass is 35.5. The lowest BCUT2D eigenvalue weighted by Gasteiger charge is -2.25. The Labute approximate surface area is 210 Å². The number of carbonyl (C=O) groups is 1. The summed E-state index contributed by atoms with van der Waals surface area (Å²) >= 11 is 6.46. The number of hydrogen-bond donors (Lipinski definition) is 0. The number of hydrogen-bond acceptors (Lipinski definition) is 5. The van der Waals surface area contributed by atoms with Crippen LogP contribution < -0.4 is 19.1 Å². The van der Waals surface area contributed by atoms with Crippen molar-refractivity contribution in [2.75, 3.05) is 32.8 Å². The highest BCUT2D eigenvalue weighted by Gasteiger charge is 2.36. The molecule has 3 aromatic carbocycles. The lowest BCUT2D eigenvalue weighted by Crippen LogP contribution is -2.32. The number of fused-ring (bicyclic) bond motifs is 1. The third-order valence-corrected chi connectivity index (χ3v) is 6.88. The normalized spacial score (nSPS) is 17.5. The molecule has 1 aliphatic carbocycles. The van der Waals surface area contributed by atoms with Crippen molar-refractivity contribution in [2.45, 2.75) is 31.4 Å². The summed E-state index contributed by atoms with van der Waals surface area (Å²) in [6, 6.07) is 17.2. The number of anilines is 1. The zero-order valence-corrected chi connectivity index (χ0v) is 20.8. The maximum Gasteiger partial charge on any atom is 0.253 e. The van der Waals surface area contributed by atoms with Crippen LogP contribution in [0.4, 0.5) is 5.69 Å². The van der Waals surface area contributed by atoms with Crippen LogP contribution in [0, 0.1) is 0 Å². The maximum absolute atomic E-state index is 13.4. The van der Waals surface area contributed by atoms with Gasteiger partial charge in [0.1, 0.15) is 30.0 Å². The summed E-state index contributed by atoms with van der Waals surface area (Å²) in [5, 5.41) is 0.588. The van der Waals surface area contributed by atoms with Crippen LogP contribution in [0.3, 0.4) is 0 Å². The Hall–Kier alpha value is -3.22. The van der Waals surface area contributed by atoms with Gasteiger partial charge in [0.25, 0.3) is 5.91 Å². The third kappa shape index (κ3) is 4.56. The van der Waals surface area contributed by atoms with Crippen molar-refractivity contribution >= 4 is 23.2 Å². The van der Waals surface area contributed by atoms with Gasteiger partial charge in [0.2, 0.25) is 0 Å². The predicted octanol–water partition coefficient (Wildman–Crippen LogP) is 5.90. The lowest BCUT2D eigenvalue weighted by atomic mass is 9.92. The van der Waals surface area contributed by atoms with E-state index in [2.05, 4.69) is 6.07 Å². The molecule has 1 heterocycles. The zero-order chi connectivity index (χ0) is 24.5. The van der Waals surface area contributed by atoms with Gasteiger partial charge in [-0.3, -0.25) is 4.79 Å². The highest BCUT2D eigenvalue weighted by Crippen LogP contribution is 2.50. The number of rotatable bonds is 7. The van der Waals surface area contributed by atoms with Gasteiger partial charge in [0, 0.05) is 27.8 Å². The minimum atomic E-state index is -0.443. The fraction of sp³-hybridized carbons (Fsp3) is 0.321. The number of nitrogens with zero attached hydrogens (tertiary/aromatic N) is 1. The topological polar surface area (TPSA) is 57.2 Å². The number of benzene rings is 3. The molecule has 0 radical (unpaired) electrons. The second kappa shape index (κ2) is 9.80. The van der Waals surface area contributed by atoms with Gasteiger partial charge in [-0.1, -0.05) is 23.7 Å². The average Bonchev–Trinajstić information content (AvgIpc) is 3.73. The van der Waals surface area contributed by atoms with Gasteiger partial charge in [0.15, 0.2) is 0 Å². The Bertz CT molecular complexity index is 1260. The van der Waals surface area contributed by atoms with E-state index in [0.29, 0.717) is 29.0 Å². The average molecular weight is 494 g/mol. The summed E-state index contributed by atoms with van der Waals surface area (Å²) in [5.41, 5.74) is 4.66. The van der Waals surface area contributed by atoms with Crippen LogP contribution in [-0.2, 0) is 16.1 Å². The van der Waals surface area contributed by atoms with Gasteiger partial charge in [-0.2, -0.15) is 0 Å². The molecule has 1 atom stereocenters. The van der Waals surface area contributed by atoms with Crippen LogP contribution in [0.15, 0.2) is 54.6 Å². The van der Waals surface area contributed by atoms with Crippen molar-refractivity contribution in [1.29, 1.82) is 0 Å². The molecule has 1 saturated carbocycles. The molecule has 1 fully saturated rings. The van der Waals surface area contributed by atoms with Crippen LogP contribution in [0.5, 0.6) is 17.2 Å². The minimum absolute atomic E-state index is 0.0588. The molecule has 1 aliphatic heterocycles. The molecule has 0 unspecified atom stereocenters. The Kier molecular flexibility index (Phi) is 6.58. The first-order valence-electron chi connectivity index (χ1n) is 11.6. The molecule has 1 amide bonds. The largest absolute Gasteiger partial charge is 0.497 e. The quantitative estimate of drug-likeness (QED) is 0.410. The SMILES string of the molecule is COc1ccc(CN2C(=O)CO[C@H](c3cccc(OC)c3C3CC3)c3cc(Cl)ccc32)c(OC)c1. The summed E-state index contributed by atoms with van der Waals surface area (Å²) < 4.78 is 22.9. The Balaban J connectivity index is 1.60. The summed E-state index contributed by atoms with van der Waals surface area (Å²) in [6.45, 7) is 0.265. The predicted molar refractivity (Wildman–Crippen MR) is 135 cm³/mol. The summed E-state index contributed by atoms with van der Waals surface area (Å²) in [7, 11) is 4.91. The molecule has 5 rings (SSSR count). The molecule has 35 heavy (non-hydrogen) atoms. The number of carbonyl (C=O) groups excluding carboxylic acids is 1. The molecule has 0 bridgehead atoms. The van der Waals surface area contributed by atoms with E-state index in [9.17, 15) is 4.79 Å². The number of amides is 1. The van der Waals surface area contributed by atoms with Crippen LogP contribution in [0.2, 0.25) is 5.02 Å². The van der Waals surface area contributed by atoms with Crippen molar-refractivity contribution in [3.8, 4) is 17.2 Å². The van der Waals surface area contributed by atoms with Gasteiger partial charge >= 0.3 is 0 Å². The van der Waals surface area contributed by atoms with Crippen molar-refractivity contribution in [3.05, 3.63) is 81.9 Å². The van der Waals surface area contributed by atoms with Crippen molar-refractivity contribution in [1.82, 2.24) is 0 Å². The van der Waals surface area contributed by atoms with E-state index >= 15 is 0 Å². The van der Waals surface area contributed by atoms with E-state index in [-0.39, 0.29) is 12.5 Å². The molecule has 0 spiro atoms. The van der Waals surface area contributed by atoms with E-state index in [1.165, 1.54) is 0 Å². The fourth-order valence-electron chi connectivity index (χ4n) is 4.80. The van der Waals surface area contributed by atoms with Gasteiger partial charge in [-0.25, -0.2) is 0 Å². The number of ether oxygens (including phenoxy) is 4. The van der Waals surface area contributed by atoms with Crippen molar-refractivity contribution in [3.63, 3.8) is 0 Å². The summed E-state index contributed by atoms with van der Waals surface area (Å²) in [6.07, 6.45) is 1.79. The highest BCUT2D eigenvalue weighted by molar-refractivity contribution is 6.30. The first-order valence-corrected chi connectivity index (χ1v) is 12.0. The Morgan fingerprint density at radius 2 is 1.74 bits per heavy atom. The van der Waals surface area contributed by atoms with Gasteiger partial charge in [0.05, 0.1) is 33.6 Å². The molecule has 3 aromatic rings. The van der Waals surface area contributed by atoms with E-state index in [1.807, 2.05) is 48.5 Å². The third-order valence-electron chi connectivity index (χ3n) is 6.65. The van der Waals surface area contributed by atoms with Gasteiger partial charge < -0.3 is 23.8 Å². The zero-order valence-electron chi connectivity index (χ0n) is 20.0. The van der Waals surface area contributed by atoms with E-state index in [1.54, 1.807) is 26.2 Å². The van der Waals surface area contributed by atoms with Crippen molar-refractivity contribution in [2.24, 2.45) is 0 Å². The maximum atomic E-state index is 13.4. The molecule has 182 valence electrons. The second-order valence-electron chi connectivity index (χ2n) is 8.79. The molecule has 0 saturated heterocycles. The van der Waals surface area contributed by atoms with Crippen LogP contribution >= 0.6 is 11.6 Å². The lowest BCUT2D eigenvalue weighted by molar-refractivity contribution is -0.123. The molecule has 6 nitrogen and oxygen atoms in total. The van der Waals surface area contributed by atoms with Crippen LogP contribution in [0.1, 0.15) is 47.1 Å². The fourth-order valence-corrected chi connectivity index (χ4v) is 4.98. The first kappa shape index (κ1) is 23.5. The van der Waals surface area contributed by atoms with Gasteiger partial charge in [-0.15, -0.1) is 0 Å². The monoisotopic (exact) mass is 493 g/mol. The molecule has 2 aliphatic rings. The number of halogens is 1. The molecular weight excluding hydrogens is 466 g/mol. The smallest absolute Gasteiger partial charge is 0.253 e. The molecular formula is C28H28ClNO5. The van der Waals surface area contributed by atoms with Crippen molar-refractivity contribution < 1.29 is 23.7 Å². The molecule has 0 N–H and O–H groups in total. The number of methoxy groups -OCH3 is 3. The summed E-state index contributed by atoms with van der Waals surface area (Å²) in [4.78, 5) is 15.1. The van der Waals surface area contributed by atoms with E-state index in [4.69, 9.17) is 30.5 Å². The first-order chi connectivity index (χ1) is 17.0. The molecule has 7 heteroatoms. The molecule has 0 aromatic heterocycles. The standard InChI is InChI=1S/C28H28ClNO5/c1-32-20-11-9-18(25(14-20)34-3)15-30-23-12-10-19(29)13-22(23)28(35-16-26(30)31)21-5-4-6-24(33-2)27(21)17-7-8-17/h4-6,9-14,17,28H,7-8,15-16H2,1-3H3/t28-/m1/s1. The van der Waals surface area contributed by atoms with E-state index < -0.39 is 6.10 Å². The van der Waals surface area contributed by atoms with Crippen LogP contribution in [0.25, 0.3) is 0 Å². The Morgan fingerprint density at radius 1 is 0.943 bits per heavy atom. The Morgan fingerprint density at radius 3 is 2.46 bits per heavy atom. The van der Waals surface area contributed by atoms with Gasteiger partial charge in [-0.05, 0) is 60.7 Å². The minimum Gasteiger partial charge on any atom is -0.497 e. The van der Waals surface area contributed by atoms with E-state index in [0.717, 1.165) is 46.5 Å².